The third-order valence-corrected chi connectivity index (χ3v) is 6.13. The summed E-state index contributed by atoms with van der Waals surface area (Å²) in [5.41, 5.74) is 4.12. The smallest absolute Gasteiger partial charge is 0.343 e. The van der Waals surface area contributed by atoms with E-state index in [4.69, 9.17) is 30.5 Å². The van der Waals surface area contributed by atoms with Gasteiger partial charge in [-0.25, -0.2) is 10.2 Å². The normalized spacial score (nSPS) is 10.6. The summed E-state index contributed by atoms with van der Waals surface area (Å²) < 4.78 is 21.4. The van der Waals surface area contributed by atoms with Crippen LogP contribution in [0.25, 0.3) is 0 Å². The van der Waals surface area contributed by atoms with E-state index in [1.54, 1.807) is 66.7 Å². The van der Waals surface area contributed by atoms with Crippen LogP contribution in [-0.4, -0.2) is 45.3 Å². The maximum Gasteiger partial charge on any atom is 0.343 e. The van der Waals surface area contributed by atoms with E-state index < -0.39 is 17.8 Å². The Kier molecular flexibility index (Phi) is 9.75. The van der Waals surface area contributed by atoms with Crippen LogP contribution in [0.3, 0.4) is 0 Å². The van der Waals surface area contributed by atoms with Gasteiger partial charge < -0.3 is 24.3 Å². The molecule has 0 bridgehead atoms. The van der Waals surface area contributed by atoms with Gasteiger partial charge in [-0.15, -0.1) is 0 Å². The molecule has 42 heavy (non-hydrogen) atoms. The zero-order valence-electron chi connectivity index (χ0n) is 22.8. The molecule has 2 amide bonds. The Morgan fingerprint density at radius 3 is 2.07 bits per heavy atom. The quantitative estimate of drug-likeness (QED) is 0.107. The van der Waals surface area contributed by atoms with Crippen LogP contribution in [0.4, 0.5) is 5.69 Å². The Balaban J connectivity index is 1.42. The van der Waals surface area contributed by atoms with Crippen LogP contribution in [0, 0.1) is 0 Å². The molecule has 0 unspecified atom stereocenters. The van der Waals surface area contributed by atoms with E-state index in [9.17, 15) is 14.4 Å². The van der Waals surface area contributed by atoms with Crippen molar-refractivity contribution in [2.45, 2.75) is 0 Å². The van der Waals surface area contributed by atoms with E-state index in [1.807, 2.05) is 0 Å². The van der Waals surface area contributed by atoms with Crippen molar-refractivity contribution in [3.8, 4) is 23.0 Å². The van der Waals surface area contributed by atoms with Gasteiger partial charge in [-0.2, -0.15) is 5.10 Å². The van der Waals surface area contributed by atoms with Crippen LogP contribution < -0.4 is 29.7 Å². The lowest BCUT2D eigenvalue weighted by molar-refractivity contribution is 0.0734. The average Bonchev–Trinajstić information content (AvgIpc) is 3.01. The third kappa shape index (κ3) is 7.23. The number of hydrazone groups is 1. The molecule has 0 atom stereocenters. The number of hydrogen-bond donors (Lipinski definition) is 2. The maximum absolute atomic E-state index is 12.9. The second-order valence-electron chi connectivity index (χ2n) is 8.58. The molecule has 4 aromatic rings. The Morgan fingerprint density at radius 2 is 1.40 bits per heavy atom. The molecule has 0 radical (unpaired) electrons. The lowest BCUT2D eigenvalue weighted by Crippen LogP contribution is -2.18. The zero-order valence-corrected chi connectivity index (χ0v) is 23.6. The number of benzene rings is 4. The van der Waals surface area contributed by atoms with E-state index in [0.717, 1.165) is 0 Å². The highest BCUT2D eigenvalue weighted by atomic mass is 35.5. The highest BCUT2D eigenvalue weighted by molar-refractivity contribution is 6.30. The summed E-state index contributed by atoms with van der Waals surface area (Å²) in [5.74, 6) is -0.268. The van der Waals surface area contributed by atoms with Gasteiger partial charge in [-0.1, -0.05) is 29.8 Å². The second kappa shape index (κ2) is 13.8. The van der Waals surface area contributed by atoms with E-state index in [2.05, 4.69) is 15.8 Å². The summed E-state index contributed by atoms with van der Waals surface area (Å²) in [6.45, 7) is 0. The summed E-state index contributed by atoms with van der Waals surface area (Å²) in [7, 11) is 4.38. The van der Waals surface area contributed by atoms with Gasteiger partial charge in [0.05, 0.1) is 33.1 Å². The summed E-state index contributed by atoms with van der Waals surface area (Å²) in [5, 5.41) is 7.26. The first-order valence-corrected chi connectivity index (χ1v) is 12.8. The molecule has 0 heterocycles. The van der Waals surface area contributed by atoms with Crippen molar-refractivity contribution in [3.63, 3.8) is 0 Å². The van der Waals surface area contributed by atoms with Crippen LogP contribution in [-0.2, 0) is 0 Å². The molecule has 4 rings (SSSR count). The number of hydrogen-bond acceptors (Lipinski definition) is 8. The SMILES string of the molecule is COc1cc(C(=O)Nc2cccc(C(=O)NN=Cc3ccccc3OC(=O)c3ccc(Cl)cc3)c2)cc(OC)c1OC. The van der Waals surface area contributed by atoms with Crippen LogP contribution in [0.15, 0.2) is 90.0 Å². The molecule has 0 aromatic heterocycles. The summed E-state index contributed by atoms with van der Waals surface area (Å²) in [4.78, 5) is 38.2. The lowest BCUT2D eigenvalue weighted by atomic mass is 10.1. The third-order valence-electron chi connectivity index (χ3n) is 5.88. The first-order chi connectivity index (χ1) is 20.3. The van der Waals surface area contributed by atoms with E-state index in [0.29, 0.717) is 39.1 Å². The molecule has 0 aliphatic rings. The minimum absolute atomic E-state index is 0.247. The topological polar surface area (TPSA) is 125 Å². The number of methoxy groups -OCH3 is 3. The number of carbonyl (C=O) groups is 3. The number of nitrogens with zero attached hydrogens (tertiary/aromatic N) is 1. The Bertz CT molecular complexity index is 1610. The molecule has 214 valence electrons. The number of carbonyl (C=O) groups excluding carboxylic acids is 3. The van der Waals surface area contributed by atoms with E-state index in [1.165, 1.54) is 45.7 Å². The molecule has 11 heteroatoms. The largest absolute Gasteiger partial charge is 0.493 e. The monoisotopic (exact) mass is 587 g/mol. The van der Waals surface area contributed by atoms with Gasteiger partial charge in [0, 0.05) is 27.4 Å². The zero-order chi connectivity index (χ0) is 30.1. The molecule has 0 aliphatic heterocycles. The molecule has 0 saturated heterocycles. The summed E-state index contributed by atoms with van der Waals surface area (Å²) in [6.07, 6.45) is 1.36. The molecular formula is C31H26ClN3O7. The van der Waals surface area contributed by atoms with Gasteiger partial charge in [-0.05, 0) is 66.7 Å². The van der Waals surface area contributed by atoms with Crippen molar-refractivity contribution in [1.82, 2.24) is 5.43 Å². The van der Waals surface area contributed by atoms with Crippen molar-refractivity contribution in [1.29, 1.82) is 0 Å². The number of esters is 1. The standard InChI is InChI=1S/C31H26ClN3O7/c1-39-26-16-22(17-27(40-2)28(26)41-3)29(36)34-24-9-6-8-20(15-24)30(37)35-33-18-21-7-4-5-10-25(21)42-31(38)19-11-13-23(32)14-12-19/h4-18H,1-3H3,(H,34,36)(H,35,37). The fraction of sp³-hybridized carbons (Fsp3) is 0.0968. The van der Waals surface area contributed by atoms with Gasteiger partial charge in [0.25, 0.3) is 11.8 Å². The first kappa shape index (κ1) is 29.6. The van der Waals surface area contributed by atoms with E-state index >= 15 is 0 Å². The number of nitrogens with one attached hydrogen (secondary N) is 2. The molecule has 0 aliphatic carbocycles. The van der Waals surface area contributed by atoms with Gasteiger partial charge in [-0.3, -0.25) is 9.59 Å². The van der Waals surface area contributed by atoms with Crippen LogP contribution >= 0.6 is 11.6 Å². The van der Waals surface area contributed by atoms with Crippen LogP contribution in [0.2, 0.25) is 5.02 Å². The lowest BCUT2D eigenvalue weighted by Gasteiger charge is -2.14. The molecule has 0 saturated carbocycles. The molecule has 0 fully saturated rings. The minimum atomic E-state index is -0.568. The summed E-state index contributed by atoms with van der Waals surface area (Å²) in [6, 6.07) is 22.4. The molecule has 10 nitrogen and oxygen atoms in total. The highest BCUT2D eigenvalue weighted by Crippen LogP contribution is 2.38. The number of para-hydroxylation sites is 1. The van der Waals surface area contributed by atoms with E-state index in [-0.39, 0.29) is 16.9 Å². The number of ether oxygens (including phenoxy) is 4. The van der Waals surface area contributed by atoms with Gasteiger partial charge in [0.15, 0.2) is 11.5 Å². The van der Waals surface area contributed by atoms with Crippen molar-refractivity contribution in [2.24, 2.45) is 5.10 Å². The Labute approximate surface area is 246 Å². The maximum atomic E-state index is 12.9. The first-order valence-electron chi connectivity index (χ1n) is 12.4. The molecular weight excluding hydrogens is 562 g/mol. The minimum Gasteiger partial charge on any atom is -0.493 e. The van der Waals surface area contributed by atoms with Crippen LogP contribution in [0.5, 0.6) is 23.0 Å². The fourth-order valence-electron chi connectivity index (χ4n) is 3.80. The summed E-state index contributed by atoms with van der Waals surface area (Å²) >= 11 is 5.88. The predicted molar refractivity (Wildman–Crippen MR) is 158 cm³/mol. The Hall–Kier alpha value is -5.35. The van der Waals surface area contributed by atoms with Crippen molar-refractivity contribution < 1.29 is 33.3 Å². The van der Waals surface area contributed by atoms with Crippen molar-refractivity contribution in [2.75, 3.05) is 26.6 Å². The predicted octanol–water partition coefficient (Wildman–Crippen LogP) is 5.60. The van der Waals surface area contributed by atoms with Gasteiger partial charge in [0.1, 0.15) is 5.75 Å². The molecule has 0 spiro atoms. The average molecular weight is 588 g/mol. The fourth-order valence-corrected chi connectivity index (χ4v) is 3.93. The number of anilines is 1. The number of amides is 2. The highest BCUT2D eigenvalue weighted by Gasteiger charge is 2.18. The van der Waals surface area contributed by atoms with Crippen molar-refractivity contribution in [3.05, 3.63) is 112 Å². The number of rotatable bonds is 10. The van der Waals surface area contributed by atoms with Crippen LogP contribution in [0.1, 0.15) is 36.6 Å². The van der Waals surface area contributed by atoms with Gasteiger partial charge in [0.2, 0.25) is 5.75 Å². The Morgan fingerprint density at radius 1 is 0.714 bits per heavy atom. The van der Waals surface area contributed by atoms with Crippen molar-refractivity contribution >= 4 is 41.3 Å². The molecule has 4 aromatic carbocycles. The van der Waals surface area contributed by atoms with Gasteiger partial charge >= 0.3 is 5.97 Å². The number of halogens is 1. The molecule has 2 N–H and O–H groups in total. The second-order valence-corrected chi connectivity index (χ2v) is 9.02.